The molecule has 0 spiro atoms. The predicted molar refractivity (Wildman–Crippen MR) is 109 cm³/mol. The number of ether oxygens (including phenoxy) is 1. The van der Waals surface area contributed by atoms with Crippen molar-refractivity contribution in [2.45, 2.75) is 19.9 Å². The van der Waals surface area contributed by atoms with Gasteiger partial charge in [-0.05, 0) is 25.5 Å². The standard InChI is InChI=1S/C22H27N3O3/c1-17-3-5-18(6-4-17)16-25-19-7-12-28-21(19)15-20(25)22(26)23-8-2-9-24-10-13-27-14-11-24/h3-7,12,15H,2,8-11,13-14,16H2,1H3,(H,23,26). The van der Waals surface area contributed by atoms with Gasteiger partial charge in [0.1, 0.15) is 5.69 Å². The van der Waals surface area contributed by atoms with E-state index in [0.29, 0.717) is 18.8 Å². The summed E-state index contributed by atoms with van der Waals surface area (Å²) < 4.78 is 12.9. The Hall–Kier alpha value is -2.57. The summed E-state index contributed by atoms with van der Waals surface area (Å²) in [4.78, 5) is 15.2. The minimum absolute atomic E-state index is 0.0551. The first kappa shape index (κ1) is 18.8. The van der Waals surface area contributed by atoms with Crippen molar-refractivity contribution < 1.29 is 13.9 Å². The van der Waals surface area contributed by atoms with Crippen molar-refractivity contribution in [2.24, 2.45) is 0 Å². The molecule has 0 radical (unpaired) electrons. The number of carbonyl (C=O) groups excluding carboxylic acids is 1. The lowest BCUT2D eigenvalue weighted by molar-refractivity contribution is 0.0374. The Kier molecular flexibility index (Phi) is 5.78. The molecule has 6 heteroatoms. The lowest BCUT2D eigenvalue weighted by Crippen LogP contribution is -2.38. The van der Waals surface area contributed by atoms with Crippen molar-refractivity contribution in [3.8, 4) is 0 Å². The van der Waals surface area contributed by atoms with Gasteiger partial charge < -0.3 is 19.0 Å². The molecule has 1 aliphatic rings. The van der Waals surface area contributed by atoms with E-state index in [1.54, 1.807) is 6.26 Å². The highest BCUT2D eigenvalue weighted by atomic mass is 16.5. The number of aromatic nitrogens is 1. The maximum absolute atomic E-state index is 12.8. The van der Waals surface area contributed by atoms with E-state index >= 15 is 0 Å². The van der Waals surface area contributed by atoms with E-state index in [1.165, 1.54) is 5.56 Å². The van der Waals surface area contributed by atoms with E-state index in [-0.39, 0.29) is 5.91 Å². The first-order chi connectivity index (χ1) is 13.7. The number of hydrogen-bond acceptors (Lipinski definition) is 4. The Morgan fingerprint density at radius 3 is 2.71 bits per heavy atom. The molecule has 1 fully saturated rings. The average molecular weight is 381 g/mol. The van der Waals surface area contributed by atoms with E-state index < -0.39 is 0 Å². The number of fused-ring (bicyclic) bond motifs is 1. The summed E-state index contributed by atoms with van der Waals surface area (Å²) in [5.74, 6) is -0.0551. The maximum Gasteiger partial charge on any atom is 0.268 e. The van der Waals surface area contributed by atoms with Crippen LogP contribution in [0.2, 0.25) is 0 Å². The third-order valence-electron chi connectivity index (χ3n) is 5.26. The molecule has 3 aromatic rings. The molecule has 148 valence electrons. The lowest BCUT2D eigenvalue weighted by Gasteiger charge is -2.26. The molecule has 2 aromatic heterocycles. The molecule has 0 aliphatic carbocycles. The number of aryl methyl sites for hydroxylation is 1. The summed E-state index contributed by atoms with van der Waals surface area (Å²) >= 11 is 0. The van der Waals surface area contributed by atoms with E-state index in [4.69, 9.17) is 9.15 Å². The zero-order chi connectivity index (χ0) is 19.3. The monoisotopic (exact) mass is 381 g/mol. The van der Waals surface area contributed by atoms with Crippen LogP contribution in [0.3, 0.4) is 0 Å². The normalized spacial score (nSPS) is 15.2. The first-order valence-corrected chi connectivity index (χ1v) is 9.91. The fourth-order valence-corrected chi connectivity index (χ4v) is 3.63. The van der Waals surface area contributed by atoms with Gasteiger partial charge in [0.2, 0.25) is 0 Å². The molecule has 1 aromatic carbocycles. The number of morpholine rings is 1. The van der Waals surface area contributed by atoms with Gasteiger partial charge in [-0.2, -0.15) is 0 Å². The van der Waals surface area contributed by atoms with Crippen molar-refractivity contribution in [2.75, 3.05) is 39.4 Å². The van der Waals surface area contributed by atoms with Gasteiger partial charge in [-0.3, -0.25) is 9.69 Å². The third-order valence-corrected chi connectivity index (χ3v) is 5.26. The van der Waals surface area contributed by atoms with Crippen molar-refractivity contribution in [3.63, 3.8) is 0 Å². The highest BCUT2D eigenvalue weighted by molar-refractivity contribution is 5.97. The number of benzene rings is 1. The Bertz CT molecular complexity index is 920. The second-order valence-corrected chi connectivity index (χ2v) is 7.33. The summed E-state index contributed by atoms with van der Waals surface area (Å²) in [7, 11) is 0. The summed E-state index contributed by atoms with van der Waals surface area (Å²) in [6.07, 6.45) is 2.60. The lowest BCUT2D eigenvalue weighted by atomic mass is 10.1. The van der Waals surface area contributed by atoms with E-state index in [1.807, 2.05) is 16.7 Å². The SMILES string of the molecule is Cc1ccc(Cn2c(C(=O)NCCCN3CCOCC3)cc3occc32)cc1. The van der Waals surface area contributed by atoms with Crippen LogP contribution in [0.5, 0.6) is 0 Å². The number of rotatable bonds is 7. The van der Waals surface area contributed by atoms with Crippen LogP contribution < -0.4 is 5.32 Å². The first-order valence-electron chi connectivity index (χ1n) is 9.91. The summed E-state index contributed by atoms with van der Waals surface area (Å²) in [5, 5.41) is 3.07. The predicted octanol–water partition coefficient (Wildman–Crippen LogP) is 3.04. The highest BCUT2D eigenvalue weighted by Gasteiger charge is 2.18. The van der Waals surface area contributed by atoms with Gasteiger partial charge in [0.05, 0.1) is 25.0 Å². The summed E-state index contributed by atoms with van der Waals surface area (Å²) in [6.45, 7) is 7.91. The number of carbonyl (C=O) groups is 1. The van der Waals surface area contributed by atoms with Gasteiger partial charge in [0, 0.05) is 38.3 Å². The molecule has 0 unspecified atom stereocenters. The highest BCUT2D eigenvalue weighted by Crippen LogP contribution is 2.22. The second kappa shape index (κ2) is 8.63. The van der Waals surface area contributed by atoms with Gasteiger partial charge in [-0.1, -0.05) is 29.8 Å². The Labute approximate surface area is 165 Å². The zero-order valence-electron chi connectivity index (χ0n) is 16.3. The molecule has 3 heterocycles. The third kappa shape index (κ3) is 4.29. The number of hydrogen-bond donors (Lipinski definition) is 1. The van der Waals surface area contributed by atoms with Crippen LogP contribution in [0, 0.1) is 6.92 Å². The number of amides is 1. The van der Waals surface area contributed by atoms with Crippen LogP contribution in [0.1, 0.15) is 28.0 Å². The minimum atomic E-state index is -0.0551. The molecule has 0 atom stereocenters. The van der Waals surface area contributed by atoms with Gasteiger partial charge in [0.15, 0.2) is 5.58 Å². The van der Waals surface area contributed by atoms with Crippen LogP contribution in [-0.4, -0.2) is 54.8 Å². The minimum Gasteiger partial charge on any atom is -0.463 e. The van der Waals surface area contributed by atoms with Gasteiger partial charge in [-0.15, -0.1) is 0 Å². The van der Waals surface area contributed by atoms with E-state index in [0.717, 1.165) is 55.9 Å². The van der Waals surface area contributed by atoms with Crippen LogP contribution in [0.4, 0.5) is 0 Å². The molecular weight excluding hydrogens is 354 g/mol. The smallest absolute Gasteiger partial charge is 0.268 e. The molecule has 6 nitrogen and oxygen atoms in total. The van der Waals surface area contributed by atoms with Gasteiger partial charge >= 0.3 is 0 Å². The summed E-state index contributed by atoms with van der Waals surface area (Å²) in [5.41, 5.74) is 4.71. The maximum atomic E-state index is 12.8. The molecule has 1 saturated heterocycles. The second-order valence-electron chi connectivity index (χ2n) is 7.33. The molecule has 1 N–H and O–H groups in total. The Morgan fingerprint density at radius 1 is 1.14 bits per heavy atom. The largest absolute Gasteiger partial charge is 0.463 e. The van der Waals surface area contributed by atoms with Crippen LogP contribution in [0.15, 0.2) is 47.1 Å². The fourth-order valence-electron chi connectivity index (χ4n) is 3.63. The van der Waals surface area contributed by atoms with Gasteiger partial charge in [0.25, 0.3) is 5.91 Å². The fraction of sp³-hybridized carbons (Fsp3) is 0.409. The topological polar surface area (TPSA) is 59.6 Å². The van der Waals surface area contributed by atoms with Crippen LogP contribution in [-0.2, 0) is 11.3 Å². The van der Waals surface area contributed by atoms with Crippen LogP contribution >= 0.6 is 0 Å². The number of furan rings is 1. The molecular formula is C22H27N3O3. The average Bonchev–Trinajstić information content (AvgIpc) is 3.30. The molecule has 0 saturated carbocycles. The molecule has 0 bridgehead atoms. The van der Waals surface area contributed by atoms with Crippen molar-refractivity contribution in [1.82, 2.24) is 14.8 Å². The molecule has 1 aliphatic heterocycles. The van der Waals surface area contributed by atoms with Gasteiger partial charge in [-0.25, -0.2) is 0 Å². The summed E-state index contributed by atoms with van der Waals surface area (Å²) in [6, 6.07) is 12.1. The zero-order valence-corrected chi connectivity index (χ0v) is 16.3. The number of nitrogens with one attached hydrogen (secondary N) is 1. The molecule has 4 rings (SSSR count). The van der Waals surface area contributed by atoms with Crippen molar-refractivity contribution in [3.05, 3.63) is 59.5 Å². The Morgan fingerprint density at radius 2 is 1.93 bits per heavy atom. The number of nitrogens with zero attached hydrogens (tertiary/aromatic N) is 2. The van der Waals surface area contributed by atoms with E-state index in [9.17, 15) is 4.79 Å². The van der Waals surface area contributed by atoms with E-state index in [2.05, 4.69) is 41.4 Å². The molecule has 1 amide bonds. The van der Waals surface area contributed by atoms with Crippen molar-refractivity contribution in [1.29, 1.82) is 0 Å². The van der Waals surface area contributed by atoms with Crippen LogP contribution in [0.25, 0.3) is 11.1 Å². The quantitative estimate of drug-likeness (QED) is 0.639. The Balaban J connectivity index is 1.41. The van der Waals surface area contributed by atoms with Crippen molar-refractivity contribution >= 4 is 17.0 Å². The molecule has 28 heavy (non-hydrogen) atoms.